The molecule has 2 heteroatoms. The lowest BCUT2D eigenvalue weighted by Crippen LogP contribution is -2.28. The highest BCUT2D eigenvalue weighted by molar-refractivity contribution is 5.15. The van der Waals surface area contributed by atoms with E-state index in [-0.39, 0.29) is 6.04 Å². The molecule has 12 heavy (non-hydrogen) atoms. The van der Waals surface area contributed by atoms with Crippen molar-refractivity contribution in [1.82, 2.24) is 0 Å². The number of rotatable bonds is 3. The van der Waals surface area contributed by atoms with Crippen LogP contribution >= 0.6 is 0 Å². The van der Waals surface area contributed by atoms with Crippen LogP contribution in [-0.2, 0) is 6.42 Å². The molecule has 0 amide bonds. The first-order valence-corrected chi connectivity index (χ1v) is 4.40. The standard InChI is InChI=1S/C10H17NO/c1-7(2)9(11)6-10-8(3)4-5-12-10/h4-5,7,9H,6,11H2,1-3H3. The monoisotopic (exact) mass is 167 g/mol. The summed E-state index contributed by atoms with van der Waals surface area (Å²) in [5.41, 5.74) is 7.12. The lowest BCUT2D eigenvalue weighted by Gasteiger charge is -2.13. The summed E-state index contributed by atoms with van der Waals surface area (Å²) in [5, 5.41) is 0. The quantitative estimate of drug-likeness (QED) is 0.749. The Morgan fingerprint density at radius 3 is 2.58 bits per heavy atom. The average Bonchev–Trinajstić information content (AvgIpc) is 2.36. The largest absolute Gasteiger partial charge is 0.469 e. The Kier molecular flexibility index (Phi) is 2.93. The van der Waals surface area contributed by atoms with E-state index in [1.54, 1.807) is 6.26 Å². The topological polar surface area (TPSA) is 39.2 Å². The van der Waals surface area contributed by atoms with Crippen LogP contribution in [0.4, 0.5) is 0 Å². The molecule has 0 radical (unpaired) electrons. The van der Waals surface area contributed by atoms with Crippen LogP contribution in [0.2, 0.25) is 0 Å². The minimum Gasteiger partial charge on any atom is -0.469 e. The van der Waals surface area contributed by atoms with Gasteiger partial charge in [0.25, 0.3) is 0 Å². The molecule has 0 bridgehead atoms. The minimum atomic E-state index is 0.204. The summed E-state index contributed by atoms with van der Waals surface area (Å²) < 4.78 is 5.31. The summed E-state index contributed by atoms with van der Waals surface area (Å²) >= 11 is 0. The van der Waals surface area contributed by atoms with Crippen molar-refractivity contribution >= 4 is 0 Å². The third kappa shape index (κ3) is 2.11. The van der Waals surface area contributed by atoms with Gasteiger partial charge in [-0.3, -0.25) is 0 Å². The average molecular weight is 167 g/mol. The Bertz CT molecular complexity index is 240. The summed E-state index contributed by atoms with van der Waals surface area (Å²) in [5.74, 6) is 1.53. The van der Waals surface area contributed by atoms with Gasteiger partial charge in [0.1, 0.15) is 5.76 Å². The van der Waals surface area contributed by atoms with Gasteiger partial charge in [0.05, 0.1) is 6.26 Å². The predicted octanol–water partition coefficient (Wildman–Crippen LogP) is 2.11. The second-order valence-electron chi connectivity index (χ2n) is 3.64. The van der Waals surface area contributed by atoms with Gasteiger partial charge in [0, 0.05) is 12.5 Å². The van der Waals surface area contributed by atoms with Crippen molar-refractivity contribution in [3.8, 4) is 0 Å². The molecule has 0 aromatic carbocycles. The van der Waals surface area contributed by atoms with Crippen LogP contribution in [0.15, 0.2) is 16.7 Å². The van der Waals surface area contributed by atoms with Crippen molar-refractivity contribution in [1.29, 1.82) is 0 Å². The van der Waals surface area contributed by atoms with Crippen LogP contribution in [0.3, 0.4) is 0 Å². The zero-order chi connectivity index (χ0) is 9.14. The molecule has 0 aliphatic rings. The molecular formula is C10H17NO. The molecule has 2 N–H and O–H groups in total. The molecule has 0 saturated heterocycles. The maximum Gasteiger partial charge on any atom is 0.108 e. The van der Waals surface area contributed by atoms with Gasteiger partial charge in [-0.15, -0.1) is 0 Å². The zero-order valence-electron chi connectivity index (χ0n) is 8.00. The van der Waals surface area contributed by atoms with Crippen LogP contribution in [-0.4, -0.2) is 6.04 Å². The fourth-order valence-corrected chi connectivity index (χ4v) is 1.06. The van der Waals surface area contributed by atoms with E-state index in [1.165, 1.54) is 5.56 Å². The molecule has 68 valence electrons. The van der Waals surface area contributed by atoms with Gasteiger partial charge < -0.3 is 10.2 Å². The normalized spacial score (nSPS) is 13.8. The van der Waals surface area contributed by atoms with Gasteiger partial charge in [-0.2, -0.15) is 0 Å². The van der Waals surface area contributed by atoms with Crippen molar-refractivity contribution < 1.29 is 4.42 Å². The van der Waals surface area contributed by atoms with Gasteiger partial charge in [0.2, 0.25) is 0 Å². The molecule has 1 atom stereocenters. The number of furan rings is 1. The smallest absolute Gasteiger partial charge is 0.108 e. The molecule has 0 aliphatic carbocycles. The van der Waals surface area contributed by atoms with Crippen molar-refractivity contribution in [2.75, 3.05) is 0 Å². The van der Waals surface area contributed by atoms with Crippen LogP contribution in [0.5, 0.6) is 0 Å². The number of hydrogen-bond acceptors (Lipinski definition) is 2. The molecular weight excluding hydrogens is 150 g/mol. The molecule has 1 heterocycles. The molecule has 0 spiro atoms. The maximum absolute atomic E-state index is 5.92. The first-order chi connectivity index (χ1) is 5.61. The van der Waals surface area contributed by atoms with Crippen molar-refractivity contribution in [3.63, 3.8) is 0 Å². The van der Waals surface area contributed by atoms with E-state index in [0.717, 1.165) is 12.2 Å². The Hall–Kier alpha value is -0.760. The SMILES string of the molecule is Cc1ccoc1CC(N)C(C)C. The first kappa shape index (κ1) is 9.33. The van der Waals surface area contributed by atoms with Gasteiger partial charge in [-0.25, -0.2) is 0 Å². The molecule has 1 aromatic heterocycles. The van der Waals surface area contributed by atoms with Crippen molar-refractivity contribution in [3.05, 3.63) is 23.7 Å². The van der Waals surface area contributed by atoms with E-state index in [2.05, 4.69) is 13.8 Å². The molecule has 1 rings (SSSR count). The molecule has 0 saturated carbocycles. The fourth-order valence-electron chi connectivity index (χ4n) is 1.06. The Labute approximate surface area is 73.8 Å². The van der Waals surface area contributed by atoms with Crippen molar-refractivity contribution in [2.24, 2.45) is 11.7 Å². The summed E-state index contributed by atoms with van der Waals surface area (Å²) in [6.45, 7) is 6.30. The van der Waals surface area contributed by atoms with Crippen LogP contribution in [0.25, 0.3) is 0 Å². The first-order valence-electron chi connectivity index (χ1n) is 4.40. The Morgan fingerprint density at radius 1 is 1.50 bits per heavy atom. The van der Waals surface area contributed by atoms with Crippen LogP contribution < -0.4 is 5.73 Å². The number of nitrogens with two attached hydrogens (primary N) is 1. The highest BCUT2D eigenvalue weighted by Gasteiger charge is 2.11. The highest BCUT2D eigenvalue weighted by Crippen LogP contribution is 2.13. The summed E-state index contributed by atoms with van der Waals surface area (Å²) in [6, 6.07) is 2.18. The molecule has 1 unspecified atom stereocenters. The van der Waals surface area contributed by atoms with Gasteiger partial charge in [-0.05, 0) is 24.5 Å². The third-order valence-corrected chi connectivity index (χ3v) is 2.25. The van der Waals surface area contributed by atoms with E-state index in [0.29, 0.717) is 5.92 Å². The second kappa shape index (κ2) is 3.76. The van der Waals surface area contributed by atoms with Crippen molar-refractivity contribution in [2.45, 2.75) is 33.2 Å². The second-order valence-corrected chi connectivity index (χ2v) is 3.64. The highest BCUT2D eigenvalue weighted by atomic mass is 16.3. The lowest BCUT2D eigenvalue weighted by atomic mass is 10.00. The molecule has 2 nitrogen and oxygen atoms in total. The minimum absolute atomic E-state index is 0.204. The van der Waals surface area contributed by atoms with E-state index >= 15 is 0 Å². The van der Waals surface area contributed by atoms with E-state index in [1.807, 2.05) is 13.0 Å². The van der Waals surface area contributed by atoms with Gasteiger partial charge in [-0.1, -0.05) is 13.8 Å². The zero-order valence-corrected chi connectivity index (χ0v) is 8.00. The Morgan fingerprint density at radius 2 is 2.17 bits per heavy atom. The van der Waals surface area contributed by atoms with Gasteiger partial charge >= 0.3 is 0 Å². The summed E-state index contributed by atoms with van der Waals surface area (Å²) in [4.78, 5) is 0. The number of aryl methyl sites for hydroxylation is 1. The molecule has 0 fully saturated rings. The summed E-state index contributed by atoms with van der Waals surface area (Å²) in [7, 11) is 0. The van der Waals surface area contributed by atoms with E-state index in [9.17, 15) is 0 Å². The maximum atomic E-state index is 5.92. The third-order valence-electron chi connectivity index (χ3n) is 2.25. The van der Waals surface area contributed by atoms with Crippen LogP contribution in [0.1, 0.15) is 25.2 Å². The Balaban J connectivity index is 2.58. The number of hydrogen-bond donors (Lipinski definition) is 1. The fraction of sp³-hybridized carbons (Fsp3) is 0.600. The lowest BCUT2D eigenvalue weighted by molar-refractivity contribution is 0.429. The van der Waals surface area contributed by atoms with Crippen LogP contribution in [0, 0.1) is 12.8 Å². The van der Waals surface area contributed by atoms with E-state index < -0.39 is 0 Å². The molecule has 0 aliphatic heterocycles. The van der Waals surface area contributed by atoms with Gasteiger partial charge in [0.15, 0.2) is 0 Å². The summed E-state index contributed by atoms with van der Waals surface area (Å²) in [6.07, 6.45) is 2.56. The predicted molar refractivity (Wildman–Crippen MR) is 50.0 cm³/mol. The van der Waals surface area contributed by atoms with E-state index in [4.69, 9.17) is 10.2 Å². The molecule has 1 aromatic rings.